The van der Waals surface area contributed by atoms with Crippen molar-refractivity contribution in [2.24, 2.45) is 5.10 Å². The van der Waals surface area contributed by atoms with Crippen LogP contribution in [0.15, 0.2) is 90.0 Å². The maximum absolute atomic E-state index is 12.0. The summed E-state index contributed by atoms with van der Waals surface area (Å²) in [4.78, 5) is 12.0. The molecule has 34 heavy (non-hydrogen) atoms. The Balaban J connectivity index is 1.09. The molecule has 0 aliphatic carbocycles. The van der Waals surface area contributed by atoms with Crippen molar-refractivity contribution in [2.45, 2.75) is 6.61 Å². The van der Waals surface area contributed by atoms with Crippen LogP contribution in [0.3, 0.4) is 0 Å². The lowest BCUT2D eigenvalue weighted by molar-refractivity contribution is -0.123. The molecule has 0 spiro atoms. The van der Waals surface area contributed by atoms with Crippen LogP contribution in [0.1, 0.15) is 11.1 Å². The zero-order valence-corrected chi connectivity index (χ0v) is 18.3. The van der Waals surface area contributed by atoms with Gasteiger partial charge in [0, 0.05) is 6.07 Å². The Morgan fingerprint density at radius 3 is 2.59 bits per heavy atom. The molecular weight excluding hydrogens is 432 g/mol. The molecule has 1 aliphatic rings. The van der Waals surface area contributed by atoms with Crippen LogP contribution in [0.5, 0.6) is 23.0 Å². The van der Waals surface area contributed by atoms with Gasteiger partial charge in [-0.25, -0.2) is 5.43 Å². The van der Waals surface area contributed by atoms with Crippen LogP contribution in [0, 0.1) is 0 Å². The zero-order chi connectivity index (χ0) is 23.2. The molecule has 7 nitrogen and oxygen atoms in total. The van der Waals surface area contributed by atoms with E-state index in [2.05, 4.69) is 34.8 Å². The summed E-state index contributed by atoms with van der Waals surface area (Å²) in [5, 5.41) is 6.36. The number of amides is 1. The maximum Gasteiger partial charge on any atom is 0.277 e. The van der Waals surface area contributed by atoms with E-state index in [1.165, 1.54) is 10.8 Å². The second-order valence-corrected chi connectivity index (χ2v) is 7.59. The molecule has 0 atom stereocenters. The summed E-state index contributed by atoms with van der Waals surface area (Å²) in [6.45, 7) is 0.497. The van der Waals surface area contributed by atoms with Gasteiger partial charge in [-0.15, -0.1) is 0 Å². The molecule has 0 saturated carbocycles. The SMILES string of the molecule is O=C(COc1ccc2c(c1)OCO2)N/N=C\c1ccc(OCc2cccc3ccccc23)cc1. The van der Waals surface area contributed by atoms with Crippen molar-refractivity contribution in [3.63, 3.8) is 0 Å². The van der Waals surface area contributed by atoms with Gasteiger partial charge in [0.05, 0.1) is 6.21 Å². The van der Waals surface area contributed by atoms with Gasteiger partial charge in [0.25, 0.3) is 5.91 Å². The summed E-state index contributed by atoms with van der Waals surface area (Å²) in [6, 6.07) is 27.1. The lowest BCUT2D eigenvalue weighted by Crippen LogP contribution is -2.24. The summed E-state index contributed by atoms with van der Waals surface area (Å²) in [5.41, 5.74) is 4.41. The van der Waals surface area contributed by atoms with Gasteiger partial charge < -0.3 is 18.9 Å². The van der Waals surface area contributed by atoms with Crippen LogP contribution in [-0.4, -0.2) is 25.5 Å². The molecule has 1 aliphatic heterocycles. The van der Waals surface area contributed by atoms with Gasteiger partial charge in [0.1, 0.15) is 18.1 Å². The third-order valence-electron chi connectivity index (χ3n) is 5.27. The van der Waals surface area contributed by atoms with Crippen molar-refractivity contribution < 1.29 is 23.7 Å². The van der Waals surface area contributed by atoms with Crippen LogP contribution in [-0.2, 0) is 11.4 Å². The van der Waals surface area contributed by atoms with Crippen LogP contribution in [0.25, 0.3) is 10.8 Å². The first-order valence-corrected chi connectivity index (χ1v) is 10.8. The fraction of sp³-hybridized carbons (Fsp3) is 0.111. The fourth-order valence-corrected chi connectivity index (χ4v) is 3.56. The molecule has 1 amide bonds. The lowest BCUT2D eigenvalue weighted by atomic mass is 10.1. The van der Waals surface area contributed by atoms with E-state index in [1.807, 2.05) is 42.5 Å². The number of hydrazone groups is 1. The minimum Gasteiger partial charge on any atom is -0.489 e. The number of nitrogens with zero attached hydrogens (tertiary/aromatic N) is 1. The Morgan fingerprint density at radius 2 is 1.68 bits per heavy atom. The minimum atomic E-state index is -0.371. The molecule has 0 saturated heterocycles. The first kappa shape index (κ1) is 21.3. The van der Waals surface area contributed by atoms with Crippen LogP contribution in [0.4, 0.5) is 0 Å². The first-order valence-electron chi connectivity index (χ1n) is 10.8. The molecule has 0 aromatic heterocycles. The maximum atomic E-state index is 12.0. The van der Waals surface area contributed by atoms with E-state index < -0.39 is 0 Å². The zero-order valence-electron chi connectivity index (χ0n) is 18.3. The van der Waals surface area contributed by atoms with Crippen molar-refractivity contribution in [3.05, 3.63) is 96.1 Å². The average Bonchev–Trinajstić information content (AvgIpc) is 3.35. The van der Waals surface area contributed by atoms with Gasteiger partial charge in [-0.05, 0) is 58.3 Å². The van der Waals surface area contributed by atoms with Crippen LogP contribution in [0.2, 0.25) is 0 Å². The van der Waals surface area contributed by atoms with Crippen molar-refractivity contribution in [3.8, 4) is 23.0 Å². The standard InChI is InChI=1S/C27H22N2O5/c30-27(17-32-23-12-13-25-26(14-23)34-18-33-25)29-28-15-19-8-10-22(11-9-19)31-16-21-6-3-5-20-4-1-2-7-24(20)21/h1-15H,16-18H2,(H,29,30)/b28-15-. The number of hydrogen-bond acceptors (Lipinski definition) is 6. The quantitative estimate of drug-likeness (QED) is 0.309. The number of benzene rings is 4. The highest BCUT2D eigenvalue weighted by Gasteiger charge is 2.14. The van der Waals surface area contributed by atoms with Gasteiger partial charge in [-0.3, -0.25) is 4.79 Å². The van der Waals surface area contributed by atoms with Gasteiger partial charge in [-0.2, -0.15) is 5.10 Å². The molecular formula is C27H22N2O5. The van der Waals surface area contributed by atoms with Crippen molar-refractivity contribution in [1.29, 1.82) is 0 Å². The second-order valence-electron chi connectivity index (χ2n) is 7.59. The molecule has 7 heteroatoms. The van der Waals surface area contributed by atoms with E-state index in [-0.39, 0.29) is 19.3 Å². The summed E-state index contributed by atoms with van der Waals surface area (Å²) in [6.07, 6.45) is 1.56. The number of rotatable bonds is 8. The van der Waals surface area contributed by atoms with Crippen LogP contribution >= 0.6 is 0 Å². The van der Waals surface area contributed by atoms with Crippen molar-refractivity contribution >= 4 is 22.9 Å². The smallest absolute Gasteiger partial charge is 0.277 e. The molecule has 170 valence electrons. The van der Waals surface area contributed by atoms with Crippen LogP contribution < -0.4 is 24.4 Å². The molecule has 4 aromatic carbocycles. The third kappa shape index (κ3) is 5.10. The monoisotopic (exact) mass is 454 g/mol. The topological polar surface area (TPSA) is 78.4 Å². The molecule has 5 rings (SSSR count). The molecule has 4 aromatic rings. The Hall–Kier alpha value is -4.52. The summed E-state index contributed by atoms with van der Waals surface area (Å²) < 4.78 is 22.0. The molecule has 0 bridgehead atoms. The molecule has 1 N–H and O–H groups in total. The highest BCUT2D eigenvalue weighted by Crippen LogP contribution is 2.35. The van der Waals surface area contributed by atoms with Gasteiger partial charge in [0.2, 0.25) is 6.79 Å². The highest BCUT2D eigenvalue weighted by atomic mass is 16.7. The first-order chi connectivity index (χ1) is 16.7. The predicted octanol–water partition coefficient (Wildman–Crippen LogP) is 4.68. The lowest BCUT2D eigenvalue weighted by Gasteiger charge is -2.09. The normalized spacial score (nSPS) is 12.1. The summed E-state index contributed by atoms with van der Waals surface area (Å²) >= 11 is 0. The molecule has 0 fully saturated rings. The Kier molecular flexibility index (Phi) is 6.25. The van der Waals surface area contributed by atoms with Crippen molar-refractivity contribution in [1.82, 2.24) is 5.43 Å². The molecule has 0 radical (unpaired) electrons. The number of nitrogens with one attached hydrogen (secondary N) is 1. The Bertz CT molecular complexity index is 1330. The Morgan fingerprint density at radius 1 is 0.882 bits per heavy atom. The second kappa shape index (κ2) is 9.95. The highest BCUT2D eigenvalue weighted by molar-refractivity contribution is 5.85. The molecule has 0 unspecified atom stereocenters. The van der Waals surface area contributed by atoms with E-state index in [0.29, 0.717) is 23.9 Å². The van der Waals surface area contributed by atoms with E-state index in [4.69, 9.17) is 18.9 Å². The van der Waals surface area contributed by atoms with Gasteiger partial charge >= 0.3 is 0 Å². The summed E-state index contributed by atoms with van der Waals surface area (Å²) in [7, 11) is 0. The number of hydrogen-bond donors (Lipinski definition) is 1. The number of ether oxygens (including phenoxy) is 4. The van der Waals surface area contributed by atoms with E-state index in [1.54, 1.807) is 24.4 Å². The largest absolute Gasteiger partial charge is 0.489 e. The fourth-order valence-electron chi connectivity index (χ4n) is 3.56. The molecule has 1 heterocycles. The number of carbonyl (C=O) groups is 1. The Labute approximate surface area is 196 Å². The van der Waals surface area contributed by atoms with Gasteiger partial charge in [-0.1, -0.05) is 42.5 Å². The van der Waals surface area contributed by atoms with E-state index in [9.17, 15) is 4.79 Å². The predicted molar refractivity (Wildman–Crippen MR) is 129 cm³/mol. The van der Waals surface area contributed by atoms with E-state index >= 15 is 0 Å². The van der Waals surface area contributed by atoms with Crippen molar-refractivity contribution in [2.75, 3.05) is 13.4 Å². The third-order valence-corrected chi connectivity index (χ3v) is 5.27. The van der Waals surface area contributed by atoms with Gasteiger partial charge in [0.15, 0.2) is 18.1 Å². The average molecular weight is 454 g/mol. The number of fused-ring (bicyclic) bond motifs is 2. The van der Waals surface area contributed by atoms with E-state index in [0.717, 1.165) is 16.9 Å². The minimum absolute atomic E-state index is 0.169. The summed E-state index contributed by atoms with van der Waals surface area (Å²) in [5.74, 6) is 2.16. The number of carbonyl (C=O) groups excluding carboxylic acids is 1.